The molecule has 2 N–H and O–H groups in total. The van der Waals surface area contributed by atoms with Crippen LogP contribution >= 0.6 is 0 Å². The van der Waals surface area contributed by atoms with Crippen LogP contribution in [0.4, 0.5) is 4.79 Å². The molecule has 0 spiro atoms. The van der Waals surface area contributed by atoms with E-state index in [9.17, 15) is 13.2 Å². The molecule has 0 unspecified atom stereocenters. The second-order valence-electron chi connectivity index (χ2n) is 6.17. The molecule has 6 nitrogen and oxygen atoms in total. The lowest BCUT2D eigenvalue weighted by Gasteiger charge is -2.32. The van der Waals surface area contributed by atoms with Crippen molar-refractivity contribution in [1.29, 1.82) is 0 Å². The molecule has 2 amide bonds. The first-order valence-corrected chi connectivity index (χ1v) is 10.2. The van der Waals surface area contributed by atoms with Gasteiger partial charge in [0.1, 0.15) is 0 Å². The average Bonchev–Trinajstić information content (AvgIpc) is 2.56. The summed E-state index contributed by atoms with van der Waals surface area (Å²) in [5.41, 5.74) is 1.20. The van der Waals surface area contributed by atoms with Crippen LogP contribution in [-0.4, -0.2) is 50.8 Å². The topological polar surface area (TPSA) is 78.5 Å². The molecule has 7 heteroatoms. The molecular formula is C17H27N3O3S. The van der Waals surface area contributed by atoms with E-state index in [-0.39, 0.29) is 17.8 Å². The number of likely N-dealkylation sites (tertiary alicyclic amines) is 1. The van der Waals surface area contributed by atoms with E-state index < -0.39 is 10.0 Å². The fourth-order valence-corrected chi connectivity index (χ4v) is 4.25. The van der Waals surface area contributed by atoms with Gasteiger partial charge in [-0.2, -0.15) is 0 Å². The smallest absolute Gasteiger partial charge is 0.317 e. The van der Waals surface area contributed by atoms with E-state index >= 15 is 0 Å². The van der Waals surface area contributed by atoms with Crippen LogP contribution in [0.15, 0.2) is 30.3 Å². The van der Waals surface area contributed by atoms with E-state index in [0.29, 0.717) is 38.9 Å². The van der Waals surface area contributed by atoms with Gasteiger partial charge in [0.15, 0.2) is 0 Å². The van der Waals surface area contributed by atoms with Crippen molar-refractivity contribution in [3.8, 4) is 0 Å². The third-order valence-corrected chi connectivity index (χ3v) is 5.77. The van der Waals surface area contributed by atoms with Gasteiger partial charge in [0.05, 0.1) is 5.75 Å². The van der Waals surface area contributed by atoms with Gasteiger partial charge >= 0.3 is 6.03 Å². The summed E-state index contributed by atoms with van der Waals surface area (Å²) in [6.45, 7) is 3.61. The molecule has 1 heterocycles. The Labute approximate surface area is 144 Å². The third-order valence-electron chi connectivity index (χ3n) is 4.13. The number of piperidine rings is 1. The predicted octanol–water partition coefficient (Wildman–Crippen LogP) is 1.73. The summed E-state index contributed by atoms with van der Waals surface area (Å²) in [7, 11) is -3.18. The average molecular weight is 353 g/mol. The molecule has 0 bridgehead atoms. The van der Waals surface area contributed by atoms with Crippen LogP contribution in [0.2, 0.25) is 0 Å². The van der Waals surface area contributed by atoms with Gasteiger partial charge in [-0.15, -0.1) is 0 Å². The summed E-state index contributed by atoms with van der Waals surface area (Å²) in [4.78, 5) is 13.9. The molecular weight excluding hydrogens is 326 g/mol. The first-order valence-electron chi connectivity index (χ1n) is 8.57. The zero-order valence-electron chi connectivity index (χ0n) is 14.2. The number of hydrogen-bond donors (Lipinski definition) is 2. The van der Waals surface area contributed by atoms with Crippen LogP contribution in [0.1, 0.15) is 31.7 Å². The third kappa shape index (κ3) is 6.13. The van der Waals surface area contributed by atoms with Crippen LogP contribution in [0.3, 0.4) is 0 Å². The quantitative estimate of drug-likeness (QED) is 0.784. The lowest BCUT2D eigenvalue weighted by Crippen LogP contribution is -2.49. The lowest BCUT2D eigenvalue weighted by atomic mass is 10.1. The Morgan fingerprint density at radius 1 is 1.21 bits per heavy atom. The van der Waals surface area contributed by atoms with Crippen molar-refractivity contribution in [3.05, 3.63) is 35.9 Å². The number of benzene rings is 1. The van der Waals surface area contributed by atoms with Crippen molar-refractivity contribution in [2.24, 2.45) is 0 Å². The monoisotopic (exact) mass is 353 g/mol. The minimum Gasteiger partial charge on any atom is -0.338 e. The predicted molar refractivity (Wildman–Crippen MR) is 95.4 cm³/mol. The molecule has 0 aliphatic carbocycles. The number of sulfonamides is 1. The zero-order chi connectivity index (χ0) is 17.4. The van der Waals surface area contributed by atoms with Crippen molar-refractivity contribution in [2.45, 2.75) is 38.6 Å². The van der Waals surface area contributed by atoms with Gasteiger partial charge in [0.25, 0.3) is 0 Å². The number of carbonyl (C=O) groups is 1. The zero-order valence-corrected chi connectivity index (χ0v) is 15.0. The summed E-state index contributed by atoms with van der Waals surface area (Å²) in [6, 6.07) is 9.90. The van der Waals surface area contributed by atoms with Gasteiger partial charge in [-0.05, 0) is 31.2 Å². The first-order chi connectivity index (χ1) is 11.5. The van der Waals surface area contributed by atoms with Crippen LogP contribution in [0, 0.1) is 0 Å². The standard InChI is InChI=1S/C17H27N3O3S/c1-2-14-24(22,23)19-16-9-12-20(13-10-16)17(21)18-11-8-15-6-4-3-5-7-15/h3-7,16,19H,2,8-14H2,1H3,(H,18,21). The van der Waals surface area contributed by atoms with Gasteiger partial charge in [-0.3, -0.25) is 0 Å². The highest BCUT2D eigenvalue weighted by Gasteiger charge is 2.25. The van der Waals surface area contributed by atoms with E-state index in [1.807, 2.05) is 37.3 Å². The van der Waals surface area contributed by atoms with Gasteiger partial charge < -0.3 is 10.2 Å². The fraction of sp³-hybridized carbons (Fsp3) is 0.588. The number of hydrogen-bond acceptors (Lipinski definition) is 3. The second-order valence-corrected chi connectivity index (χ2v) is 8.04. The number of rotatable bonds is 7. The number of urea groups is 1. The molecule has 1 aromatic carbocycles. The Balaban J connectivity index is 1.69. The van der Waals surface area contributed by atoms with Gasteiger partial charge in [0, 0.05) is 25.7 Å². The van der Waals surface area contributed by atoms with E-state index in [1.54, 1.807) is 4.90 Å². The Hall–Kier alpha value is -1.60. The van der Waals surface area contributed by atoms with E-state index in [0.717, 1.165) is 6.42 Å². The molecule has 0 saturated carbocycles. The van der Waals surface area contributed by atoms with Crippen LogP contribution in [-0.2, 0) is 16.4 Å². The maximum atomic E-state index is 12.2. The molecule has 0 radical (unpaired) electrons. The van der Waals surface area contributed by atoms with Crippen LogP contribution in [0.25, 0.3) is 0 Å². The second kappa shape index (κ2) is 9.03. The van der Waals surface area contributed by atoms with Crippen molar-refractivity contribution < 1.29 is 13.2 Å². The van der Waals surface area contributed by atoms with E-state index in [2.05, 4.69) is 10.0 Å². The molecule has 1 saturated heterocycles. The molecule has 0 aromatic heterocycles. The van der Waals surface area contributed by atoms with E-state index in [1.165, 1.54) is 5.56 Å². The summed E-state index contributed by atoms with van der Waals surface area (Å²) >= 11 is 0. The number of nitrogens with one attached hydrogen (secondary N) is 2. The first kappa shape index (κ1) is 18.7. The van der Waals surface area contributed by atoms with E-state index in [4.69, 9.17) is 0 Å². The van der Waals surface area contributed by atoms with Gasteiger partial charge in [0.2, 0.25) is 10.0 Å². The lowest BCUT2D eigenvalue weighted by molar-refractivity contribution is 0.180. The number of amides is 2. The highest BCUT2D eigenvalue weighted by Crippen LogP contribution is 2.12. The molecule has 134 valence electrons. The van der Waals surface area contributed by atoms with Crippen LogP contribution < -0.4 is 10.0 Å². The van der Waals surface area contributed by atoms with Crippen molar-refractivity contribution in [3.63, 3.8) is 0 Å². The Morgan fingerprint density at radius 2 is 1.88 bits per heavy atom. The Bertz CT molecular complexity index is 611. The maximum Gasteiger partial charge on any atom is 0.317 e. The van der Waals surface area contributed by atoms with Gasteiger partial charge in [-0.1, -0.05) is 37.3 Å². The van der Waals surface area contributed by atoms with Crippen molar-refractivity contribution >= 4 is 16.1 Å². The molecule has 1 aliphatic heterocycles. The maximum absolute atomic E-state index is 12.2. The molecule has 1 aromatic rings. The Morgan fingerprint density at radius 3 is 2.50 bits per heavy atom. The fourth-order valence-electron chi connectivity index (χ4n) is 2.85. The highest BCUT2D eigenvalue weighted by molar-refractivity contribution is 7.89. The minimum atomic E-state index is -3.18. The normalized spacial score (nSPS) is 16.1. The summed E-state index contributed by atoms with van der Waals surface area (Å²) in [6.07, 6.45) is 2.74. The van der Waals surface area contributed by atoms with Crippen LogP contribution in [0.5, 0.6) is 0 Å². The summed E-state index contributed by atoms with van der Waals surface area (Å²) in [5, 5.41) is 2.93. The summed E-state index contributed by atoms with van der Waals surface area (Å²) in [5.74, 6) is 0.160. The highest BCUT2D eigenvalue weighted by atomic mass is 32.2. The Kier molecular flexibility index (Phi) is 7.05. The number of nitrogens with zero attached hydrogens (tertiary/aromatic N) is 1. The minimum absolute atomic E-state index is 0.0603. The summed E-state index contributed by atoms with van der Waals surface area (Å²) < 4.78 is 26.3. The van der Waals surface area contributed by atoms with Crippen molar-refractivity contribution in [1.82, 2.24) is 14.9 Å². The number of carbonyl (C=O) groups excluding carboxylic acids is 1. The van der Waals surface area contributed by atoms with Crippen molar-refractivity contribution in [2.75, 3.05) is 25.4 Å². The molecule has 0 atom stereocenters. The largest absolute Gasteiger partial charge is 0.338 e. The molecule has 1 aliphatic rings. The molecule has 2 rings (SSSR count). The molecule has 1 fully saturated rings. The molecule has 24 heavy (non-hydrogen) atoms. The van der Waals surface area contributed by atoms with Gasteiger partial charge in [-0.25, -0.2) is 17.9 Å². The SMILES string of the molecule is CCCS(=O)(=O)NC1CCN(C(=O)NCCc2ccccc2)CC1.